The van der Waals surface area contributed by atoms with Gasteiger partial charge in [0.1, 0.15) is 6.61 Å². The third kappa shape index (κ3) is 5.54. The monoisotopic (exact) mass is 303 g/mol. The molecule has 1 aromatic carbocycles. The quantitative estimate of drug-likeness (QED) is 0.646. The molecule has 6 heteroatoms. The largest absolute Gasteiger partial charge is 0.493 e. The van der Waals surface area contributed by atoms with Gasteiger partial charge in [-0.05, 0) is 12.6 Å². The molecule has 1 rings (SSSR count). The fourth-order valence-corrected chi connectivity index (χ4v) is 1.93. The number of aliphatic hydroxyl groups is 1. The van der Waals surface area contributed by atoms with E-state index in [0.717, 1.165) is 12.1 Å². The molecule has 0 spiro atoms. The van der Waals surface area contributed by atoms with Crippen molar-refractivity contribution in [3.05, 3.63) is 22.7 Å². The Labute approximate surface area is 124 Å². The zero-order valence-corrected chi connectivity index (χ0v) is 12.7. The van der Waals surface area contributed by atoms with Gasteiger partial charge in [-0.2, -0.15) is 0 Å². The first-order valence-corrected chi connectivity index (χ1v) is 6.99. The summed E-state index contributed by atoms with van der Waals surface area (Å²) in [4.78, 5) is 0. The Morgan fingerprint density at radius 1 is 1.25 bits per heavy atom. The molecule has 0 atom stereocenters. The van der Waals surface area contributed by atoms with Crippen molar-refractivity contribution in [1.82, 2.24) is 5.32 Å². The van der Waals surface area contributed by atoms with Crippen molar-refractivity contribution >= 4 is 11.6 Å². The molecule has 114 valence electrons. The average Bonchev–Trinajstić information content (AvgIpc) is 2.45. The standard InChI is InChI=1S/C14H22ClNO4/c1-3-16-10-11-8-12(15)9-13(18-2)14(11)20-7-6-19-5-4-17/h8-9,16-17H,3-7,10H2,1-2H3. The first-order chi connectivity index (χ1) is 9.72. The average molecular weight is 304 g/mol. The molecule has 0 aliphatic rings. The van der Waals surface area contributed by atoms with Gasteiger partial charge in [-0.15, -0.1) is 0 Å². The minimum atomic E-state index is 0.00986. The van der Waals surface area contributed by atoms with Crippen molar-refractivity contribution in [1.29, 1.82) is 0 Å². The molecular weight excluding hydrogens is 282 g/mol. The van der Waals surface area contributed by atoms with Crippen molar-refractivity contribution in [3.63, 3.8) is 0 Å². The van der Waals surface area contributed by atoms with E-state index in [4.69, 9.17) is 30.9 Å². The molecule has 0 aromatic heterocycles. The lowest BCUT2D eigenvalue weighted by atomic mass is 10.2. The van der Waals surface area contributed by atoms with E-state index in [9.17, 15) is 0 Å². The minimum Gasteiger partial charge on any atom is -0.493 e. The lowest BCUT2D eigenvalue weighted by Gasteiger charge is -2.16. The highest BCUT2D eigenvalue weighted by Crippen LogP contribution is 2.34. The second-order valence-corrected chi connectivity index (χ2v) is 4.50. The summed E-state index contributed by atoms with van der Waals surface area (Å²) in [5.74, 6) is 1.28. The van der Waals surface area contributed by atoms with Gasteiger partial charge in [0, 0.05) is 23.2 Å². The van der Waals surface area contributed by atoms with Gasteiger partial charge in [0.25, 0.3) is 0 Å². The third-order valence-electron chi connectivity index (χ3n) is 2.59. The van der Waals surface area contributed by atoms with Gasteiger partial charge in [-0.3, -0.25) is 0 Å². The molecule has 5 nitrogen and oxygen atoms in total. The SMILES string of the molecule is CCNCc1cc(Cl)cc(OC)c1OCCOCCO. The molecule has 0 aliphatic heterocycles. The lowest BCUT2D eigenvalue weighted by Crippen LogP contribution is -2.15. The zero-order chi connectivity index (χ0) is 14.8. The van der Waals surface area contributed by atoms with Crippen LogP contribution in [0.2, 0.25) is 5.02 Å². The summed E-state index contributed by atoms with van der Waals surface area (Å²) in [6.07, 6.45) is 0. The van der Waals surface area contributed by atoms with Gasteiger partial charge in [-0.25, -0.2) is 0 Å². The van der Waals surface area contributed by atoms with Gasteiger partial charge in [-0.1, -0.05) is 18.5 Å². The lowest BCUT2D eigenvalue weighted by molar-refractivity contribution is 0.0696. The smallest absolute Gasteiger partial charge is 0.165 e. The Hall–Kier alpha value is -1.01. The fourth-order valence-electron chi connectivity index (χ4n) is 1.70. The summed E-state index contributed by atoms with van der Waals surface area (Å²) in [6.45, 7) is 4.66. The van der Waals surface area contributed by atoms with E-state index < -0.39 is 0 Å². The van der Waals surface area contributed by atoms with Crippen LogP contribution in [-0.4, -0.2) is 45.2 Å². The molecule has 0 fully saturated rings. The second-order valence-electron chi connectivity index (χ2n) is 4.06. The van der Waals surface area contributed by atoms with Crippen molar-refractivity contribution in [2.75, 3.05) is 40.1 Å². The highest BCUT2D eigenvalue weighted by Gasteiger charge is 2.12. The molecule has 1 aromatic rings. The highest BCUT2D eigenvalue weighted by molar-refractivity contribution is 6.30. The first-order valence-electron chi connectivity index (χ1n) is 6.61. The number of hydrogen-bond donors (Lipinski definition) is 2. The van der Waals surface area contributed by atoms with Crippen LogP contribution in [0.1, 0.15) is 12.5 Å². The Bertz CT molecular complexity index is 401. The Balaban J connectivity index is 2.73. The van der Waals surface area contributed by atoms with E-state index in [1.54, 1.807) is 13.2 Å². The van der Waals surface area contributed by atoms with Gasteiger partial charge in [0.05, 0.1) is 26.9 Å². The maximum Gasteiger partial charge on any atom is 0.165 e. The number of methoxy groups -OCH3 is 1. The van der Waals surface area contributed by atoms with Crippen LogP contribution < -0.4 is 14.8 Å². The molecule has 0 bridgehead atoms. The number of nitrogens with one attached hydrogen (secondary N) is 1. The highest BCUT2D eigenvalue weighted by atomic mass is 35.5. The van der Waals surface area contributed by atoms with Crippen molar-refractivity contribution in [3.8, 4) is 11.5 Å². The van der Waals surface area contributed by atoms with Gasteiger partial charge in [0.15, 0.2) is 11.5 Å². The summed E-state index contributed by atoms with van der Waals surface area (Å²) < 4.78 is 16.2. The fraction of sp³-hybridized carbons (Fsp3) is 0.571. The Morgan fingerprint density at radius 3 is 2.70 bits per heavy atom. The van der Waals surface area contributed by atoms with Crippen LogP contribution in [0.5, 0.6) is 11.5 Å². The molecule has 0 radical (unpaired) electrons. The van der Waals surface area contributed by atoms with E-state index in [1.807, 2.05) is 13.0 Å². The number of halogens is 1. The minimum absolute atomic E-state index is 0.00986. The maximum absolute atomic E-state index is 8.63. The molecule has 0 saturated heterocycles. The van der Waals surface area contributed by atoms with Gasteiger partial charge >= 0.3 is 0 Å². The van der Waals surface area contributed by atoms with Crippen LogP contribution in [0.25, 0.3) is 0 Å². The number of rotatable bonds is 10. The molecule has 0 heterocycles. The molecule has 0 saturated carbocycles. The molecule has 0 aliphatic carbocycles. The Morgan fingerprint density at radius 2 is 2.05 bits per heavy atom. The molecule has 0 amide bonds. The summed E-state index contributed by atoms with van der Waals surface area (Å²) in [5, 5.41) is 12.5. The van der Waals surface area contributed by atoms with E-state index in [2.05, 4.69) is 5.32 Å². The predicted octanol–water partition coefficient (Wildman–Crippen LogP) is 1.85. The van der Waals surface area contributed by atoms with Crippen molar-refractivity contribution in [2.24, 2.45) is 0 Å². The molecule has 2 N–H and O–H groups in total. The maximum atomic E-state index is 8.63. The van der Waals surface area contributed by atoms with Crippen LogP contribution >= 0.6 is 11.6 Å². The zero-order valence-electron chi connectivity index (χ0n) is 11.9. The normalized spacial score (nSPS) is 10.6. The van der Waals surface area contributed by atoms with E-state index in [1.165, 1.54) is 0 Å². The van der Waals surface area contributed by atoms with Crippen LogP contribution in [0, 0.1) is 0 Å². The molecule has 20 heavy (non-hydrogen) atoms. The number of aliphatic hydroxyl groups excluding tert-OH is 1. The number of hydrogen-bond acceptors (Lipinski definition) is 5. The van der Waals surface area contributed by atoms with Gasteiger partial charge in [0.2, 0.25) is 0 Å². The first kappa shape index (κ1) is 17.0. The Kier molecular flexibility index (Phi) is 8.37. The summed E-state index contributed by atoms with van der Waals surface area (Å²) >= 11 is 6.07. The van der Waals surface area contributed by atoms with Gasteiger partial charge < -0.3 is 24.6 Å². The number of ether oxygens (including phenoxy) is 3. The summed E-state index contributed by atoms with van der Waals surface area (Å²) in [6, 6.07) is 3.58. The summed E-state index contributed by atoms with van der Waals surface area (Å²) in [7, 11) is 1.58. The summed E-state index contributed by atoms with van der Waals surface area (Å²) in [5.41, 5.74) is 0.943. The van der Waals surface area contributed by atoms with Crippen molar-refractivity contribution in [2.45, 2.75) is 13.5 Å². The van der Waals surface area contributed by atoms with Crippen molar-refractivity contribution < 1.29 is 19.3 Å². The van der Waals surface area contributed by atoms with Crippen LogP contribution in [0.3, 0.4) is 0 Å². The van der Waals surface area contributed by atoms with Crippen LogP contribution in [0.4, 0.5) is 0 Å². The third-order valence-corrected chi connectivity index (χ3v) is 2.81. The predicted molar refractivity (Wildman–Crippen MR) is 78.8 cm³/mol. The number of benzene rings is 1. The van der Waals surface area contributed by atoms with E-state index >= 15 is 0 Å². The van der Waals surface area contributed by atoms with E-state index in [0.29, 0.717) is 42.9 Å². The van der Waals surface area contributed by atoms with Crippen LogP contribution in [-0.2, 0) is 11.3 Å². The van der Waals surface area contributed by atoms with E-state index in [-0.39, 0.29) is 6.61 Å². The topological polar surface area (TPSA) is 60.0 Å². The molecular formula is C14H22ClNO4. The van der Waals surface area contributed by atoms with Crippen LogP contribution in [0.15, 0.2) is 12.1 Å². The second kappa shape index (κ2) is 9.83. The molecule has 0 unspecified atom stereocenters.